The topological polar surface area (TPSA) is 65.8 Å². The first-order valence-electron chi connectivity index (χ1n) is 8.54. The second-order valence-electron chi connectivity index (χ2n) is 5.84. The van der Waals surface area contributed by atoms with Crippen molar-refractivity contribution in [3.05, 3.63) is 42.5 Å². The van der Waals surface area contributed by atoms with Gasteiger partial charge in [-0.15, -0.1) is 13.2 Å². The van der Waals surface area contributed by atoms with E-state index in [-0.39, 0.29) is 5.75 Å². The number of alkyl halides is 3. The minimum atomic E-state index is -4.70. The first-order valence-corrected chi connectivity index (χ1v) is 8.54. The van der Waals surface area contributed by atoms with Crippen LogP contribution in [-0.4, -0.2) is 44.9 Å². The Labute approximate surface area is 159 Å². The monoisotopic (exact) mass is 396 g/mol. The first-order chi connectivity index (χ1) is 13.5. The number of ether oxygens (including phenoxy) is 3. The van der Waals surface area contributed by atoms with Crippen LogP contribution in [0.15, 0.2) is 47.0 Å². The molecule has 1 aliphatic rings. The van der Waals surface area contributed by atoms with Crippen LogP contribution in [-0.2, 0) is 4.74 Å². The van der Waals surface area contributed by atoms with Crippen molar-refractivity contribution >= 4 is 11.0 Å². The Bertz CT molecular complexity index is 879. The fraction of sp³-hybridized carbons (Fsp3) is 0.316. The summed E-state index contributed by atoms with van der Waals surface area (Å²) in [5.41, 5.74) is 2.10. The molecule has 4 rings (SSSR count). The molecule has 150 valence electrons. The number of morpholine rings is 1. The molecule has 3 aromatic rings. The van der Waals surface area contributed by atoms with Crippen molar-refractivity contribution in [2.45, 2.75) is 6.36 Å². The number of benzene rings is 2. The molecule has 1 aromatic heterocycles. The number of hydrogen-bond donors (Lipinski definition) is 1. The molecule has 1 aliphatic heterocycles. The quantitative estimate of drug-likeness (QED) is 0.722. The highest BCUT2D eigenvalue weighted by atomic mass is 19.4. The number of hydrogen-bond acceptors (Lipinski definition) is 6. The average molecular weight is 396 g/mol. The van der Waals surface area contributed by atoms with Crippen LogP contribution < -0.4 is 14.8 Å². The number of aromatic nitrogens is 1. The van der Waals surface area contributed by atoms with Crippen LogP contribution in [0.5, 0.6) is 11.6 Å². The van der Waals surface area contributed by atoms with Gasteiger partial charge in [-0.05, 0) is 40.5 Å². The van der Waals surface area contributed by atoms with Crippen LogP contribution in [0, 0.1) is 0 Å². The molecule has 28 heavy (non-hydrogen) atoms. The third kappa shape index (κ3) is 5.37. The molecule has 0 amide bonds. The first kappa shape index (κ1) is 20.0. The van der Waals surface area contributed by atoms with Crippen molar-refractivity contribution < 1.29 is 31.9 Å². The van der Waals surface area contributed by atoms with Gasteiger partial charge in [0.05, 0.1) is 25.7 Å². The highest BCUT2D eigenvalue weighted by Gasteiger charge is 2.30. The Hall–Kier alpha value is -2.78. The number of nitrogens with one attached hydrogen (secondary N) is 1. The van der Waals surface area contributed by atoms with Crippen molar-refractivity contribution in [2.75, 3.05) is 33.4 Å². The van der Waals surface area contributed by atoms with Gasteiger partial charge in [-0.2, -0.15) is 0 Å². The van der Waals surface area contributed by atoms with E-state index in [2.05, 4.69) is 15.2 Å². The molecule has 0 atom stereocenters. The van der Waals surface area contributed by atoms with Crippen LogP contribution in [0.3, 0.4) is 0 Å². The molecule has 2 aromatic carbocycles. The van der Waals surface area contributed by atoms with E-state index in [0.29, 0.717) is 16.8 Å². The Kier molecular flexibility index (Phi) is 6.37. The van der Waals surface area contributed by atoms with E-state index in [1.165, 1.54) is 19.2 Å². The molecule has 0 saturated carbocycles. The van der Waals surface area contributed by atoms with E-state index >= 15 is 0 Å². The molecule has 1 fully saturated rings. The Morgan fingerprint density at radius 3 is 2.21 bits per heavy atom. The molecular weight excluding hydrogens is 377 g/mol. The normalized spacial score (nSPS) is 14.3. The maximum atomic E-state index is 12.1. The van der Waals surface area contributed by atoms with Crippen LogP contribution in [0.25, 0.3) is 22.1 Å². The van der Waals surface area contributed by atoms with Gasteiger partial charge in [0.2, 0.25) is 0 Å². The Balaban J connectivity index is 0.000000320. The van der Waals surface area contributed by atoms with Gasteiger partial charge in [-0.25, -0.2) is 0 Å². The van der Waals surface area contributed by atoms with Crippen molar-refractivity contribution in [1.82, 2.24) is 10.5 Å². The summed E-state index contributed by atoms with van der Waals surface area (Å²) < 4.78 is 55.4. The summed E-state index contributed by atoms with van der Waals surface area (Å²) in [5, 5.41) is 7.61. The number of nitrogens with zero attached hydrogens (tertiary/aromatic N) is 1. The zero-order chi connectivity index (χ0) is 20.0. The Morgan fingerprint density at radius 2 is 1.68 bits per heavy atom. The predicted molar refractivity (Wildman–Crippen MR) is 96.4 cm³/mol. The zero-order valence-corrected chi connectivity index (χ0v) is 15.1. The van der Waals surface area contributed by atoms with Crippen LogP contribution in [0.1, 0.15) is 0 Å². The van der Waals surface area contributed by atoms with Crippen LogP contribution in [0.2, 0.25) is 0 Å². The maximum Gasteiger partial charge on any atom is 0.573 e. The molecule has 6 nitrogen and oxygen atoms in total. The number of rotatable bonds is 3. The molecule has 2 heterocycles. The van der Waals surface area contributed by atoms with E-state index in [1.54, 1.807) is 30.3 Å². The Morgan fingerprint density at radius 1 is 1.00 bits per heavy atom. The highest BCUT2D eigenvalue weighted by molar-refractivity contribution is 5.87. The second-order valence-corrected chi connectivity index (χ2v) is 5.84. The van der Waals surface area contributed by atoms with Crippen LogP contribution >= 0.6 is 0 Å². The average Bonchev–Trinajstić information content (AvgIpc) is 3.11. The molecule has 1 saturated heterocycles. The van der Waals surface area contributed by atoms with Crippen molar-refractivity contribution in [3.8, 4) is 22.8 Å². The third-order valence-corrected chi connectivity index (χ3v) is 3.90. The standard InChI is InChI=1S/C15H10F3NO3.C4H9NO/c1-20-14-12-8-10(4-7-13(12)22-19-14)9-2-5-11(6-3-9)21-15(16,17)18;1-3-6-4-2-5-1/h2-8H,1H3;5H,1-4H2. The third-order valence-electron chi connectivity index (χ3n) is 3.90. The molecule has 0 radical (unpaired) electrons. The lowest BCUT2D eigenvalue weighted by molar-refractivity contribution is -0.274. The summed E-state index contributed by atoms with van der Waals surface area (Å²) in [6.45, 7) is 3.83. The molecular formula is C19H19F3N2O4. The van der Waals surface area contributed by atoms with Gasteiger partial charge in [-0.3, -0.25) is 0 Å². The highest BCUT2D eigenvalue weighted by Crippen LogP contribution is 2.31. The summed E-state index contributed by atoms with van der Waals surface area (Å²) >= 11 is 0. The molecule has 0 unspecified atom stereocenters. The van der Waals surface area contributed by atoms with Crippen molar-refractivity contribution in [1.29, 1.82) is 0 Å². The lowest BCUT2D eigenvalue weighted by Gasteiger charge is -2.10. The molecule has 0 aliphatic carbocycles. The van der Waals surface area contributed by atoms with Crippen molar-refractivity contribution in [2.24, 2.45) is 0 Å². The smallest absolute Gasteiger partial charge is 0.478 e. The van der Waals surface area contributed by atoms with E-state index in [9.17, 15) is 13.2 Å². The van der Waals surface area contributed by atoms with Gasteiger partial charge in [0, 0.05) is 13.1 Å². The summed E-state index contributed by atoms with van der Waals surface area (Å²) in [6, 6.07) is 10.9. The molecule has 0 spiro atoms. The van der Waals surface area contributed by atoms with Gasteiger partial charge in [0.1, 0.15) is 5.75 Å². The zero-order valence-electron chi connectivity index (χ0n) is 15.1. The fourth-order valence-electron chi connectivity index (χ4n) is 2.61. The molecule has 9 heteroatoms. The van der Waals surface area contributed by atoms with E-state index in [1.807, 2.05) is 0 Å². The fourth-order valence-corrected chi connectivity index (χ4v) is 2.61. The van der Waals surface area contributed by atoms with Gasteiger partial charge in [0.15, 0.2) is 5.58 Å². The lowest BCUT2D eigenvalue weighted by Crippen LogP contribution is -2.30. The van der Waals surface area contributed by atoms with Crippen LogP contribution in [0.4, 0.5) is 13.2 Å². The minimum absolute atomic E-state index is 0.264. The largest absolute Gasteiger partial charge is 0.573 e. The maximum absolute atomic E-state index is 12.1. The predicted octanol–water partition coefficient (Wildman–Crippen LogP) is 4.01. The number of methoxy groups -OCH3 is 1. The summed E-state index contributed by atoms with van der Waals surface area (Å²) in [5.74, 6) is 0.0914. The SMILES string of the molecule is C1COCCN1.COc1noc2ccc(-c3ccc(OC(F)(F)F)cc3)cc12. The van der Waals surface area contributed by atoms with E-state index in [4.69, 9.17) is 14.0 Å². The number of fused-ring (bicyclic) bond motifs is 1. The number of halogens is 3. The molecule has 0 bridgehead atoms. The minimum Gasteiger partial charge on any atom is -0.478 e. The van der Waals surface area contributed by atoms with E-state index in [0.717, 1.165) is 37.4 Å². The molecule has 1 N–H and O–H groups in total. The lowest BCUT2D eigenvalue weighted by atomic mass is 10.0. The van der Waals surface area contributed by atoms with Gasteiger partial charge in [-0.1, -0.05) is 18.2 Å². The van der Waals surface area contributed by atoms with Gasteiger partial charge >= 0.3 is 6.36 Å². The second kappa shape index (κ2) is 8.94. The summed E-state index contributed by atoms with van der Waals surface area (Å²) in [4.78, 5) is 0. The van der Waals surface area contributed by atoms with Gasteiger partial charge in [0.25, 0.3) is 5.88 Å². The summed E-state index contributed by atoms with van der Waals surface area (Å²) in [6.07, 6.45) is -4.70. The van der Waals surface area contributed by atoms with Crippen molar-refractivity contribution in [3.63, 3.8) is 0 Å². The summed E-state index contributed by atoms with van der Waals surface area (Å²) in [7, 11) is 1.48. The van der Waals surface area contributed by atoms with E-state index < -0.39 is 6.36 Å². The van der Waals surface area contributed by atoms with Gasteiger partial charge < -0.3 is 24.1 Å².